The van der Waals surface area contributed by atoms with Gasteiger partial charge in [-0.15, -0.1) is 11.6 Å². The largest absolute Gasteiger partial charge is 0.339 e. The zero-order valence-corrected chi connectivity index (χ0v) is 11.9. The van der Waals surface area contributed by atoms with Crippen LogP contribution in [0.2, 0.25) is 0 Å². The Kier molecular flexibility index (Phi) is 4.04. The third-order valence-corrected chi connectivity index (χ3v) is 3.41. The summed E-state index contributed by atoms with van der Waals surface area (Å²) in [6.07, 6.45) is 1.35. The van der Waals surface area contributed by atoms with Gasteiger partial charge in [0.15, 0.2) is 5.82 Å². The summed E-state index contributed by atoms with van der Waals surface area (Å²) in [4.78, 5) is 18.0. The smallest absolute Gasteiger partial charge is 0.267 e. The fraction of sp³-hybridized carbons (Fsp3) is 0.167. The molecule has 2 aromatic rings. The molecule has 2 N–H and O–H groups in total. The van der Waals surface area contributed by atoms with E-state index in [4.69, 9.17) is 11.6 Å². The molecule has 1 aromatic carbocycles. The van der Waals surface area contributed by atoms with Gasteiger partial charge in [0.1, 0.15) is 4.47 Å². The molecule has 0 aliphatic rings. The molecular formula is C12H11BrClN3O. The van der Waals surface area contributed by atoms with Crippen LogP contribution in [0, 0.1) is 0 Å². The van der Waals surface area contributed by atoms with Crippen LogP contribution in [0.15, 0.2) is 39.9 Å². The van der Waals surface area contributed by atoms with Gasteiger partial charge < -0.3 is 10.3 Å². The Hall–Kier alpha value is -1.33. The van der Waals surface area contributed by atoms with Gasteiger partial charge in [0.05, 0.1) is 11.7 Å². The molecule has 94 valence electrons. The van der Waals surface area contributed by atoms with Crippen molar-refractivity contribution < 1.29 is 0 Å². The van der Waals surface area contributed by atoms with E-state index < -0.39 is 0 Å². The zero-order valence-electron chi connectivity index (χ0n) is 9.58. The van der Waals surface area contributed by atoms with Crippen LogP contribution < -0.4 is 10.9 Å². The van der Waals surface area contributed by atoms with Gasteiger partial charge in [-0.3, -0.25) is 4.79 Å². The van der Waals surface area contributed by atoms with Crippen LogP contribution in [-0.4, -0.2) is 9.97 Å². The third kappa shape index (κ3) is 2.73. The number of hydrogen-bond acceptors (Lipinski definition) is 3. The van der Waals surface area contributed by atoms with Crippen LogP contribution in [0.25, 0.3) is 0 Å². The fourth-order valence-electron chi connectivity index (χ4n) is 1.56. The minimum Gasteiger partial charge on any atom is -0.339 e. The minimum atomic E-state index is -0.232. The second-order valence-electron chi connectivity index (χ2n) is 3.72. The molecule has 1 heterocycles. The van der Waals surface area contributed by atoms with Crippen molar-refractivity contribution >= 4 is 39.0 Å². The van der Waals surface area contributed by atoms with Gasteiger partial charge in [-0.2, -0.15) is 0 Å². The van der Waals surface area contributed by atoms with E-state index in [-0.39, 0.29) is 10.9 Å². The van der Waals surface area contributed by atoms with E-state index in [0.29, 0.717) is 10.3 Å². The SMILES string of the molecule is CC(Cl)c1ccccc1Nc1nc[nH]c(=O)c1Br. The van der Waals surface area contributed by atoms with E-state index >= 15 is 0 Å². The highest BCUT2D eigenvalue weighted by molar-refractivity contribution is 9.10. The number of aromatic amines is 1. The van der Waals surface area contributed by atoms with E-state index in [0.717, 1.165) is 11.3 Å². The van der Waals surface area contributed by atoms with E-state index in [1.807, 2.05) is 31.2 Å². The molecule has 1 unspecified atom stereocenters. The van der Waals surface area contributed by atoms with Crippen LogP contribution in [-0.2, 0) is 0 Å². The number of nitrogens with zero attached hydrogens (tertiary/aromatic N) is 1. The first kappa shape index (κ1) is 13.1. The second-order valence-corrected chi connectivity index (χ2v) is 5.17. The third-order valence-electron chi connectivity index (χ3n) is 2.44. The highest BCUT2D eigenvalue weighted by atomic mass is 79.9. The van der Waals surface area contributed by atoms with E-state index in [2.05, 4.69) is 31.2 Å². The molecule has 0 amide bonds. The summed E-state index contributed by atoms with van der Waals surface area (Å²) in [7, 11) is 0. The summed E-state index contributed by atoms with van der Waals surface area (Å²) >= 11 is 9.30. The van der Waals surface area contributed by atoms with E-state index in [9.17, 15) is 4.79 Å². The molecule has 1 aromatic heterocycles. The van der Waals surface area contributed by atoms with Crippen LogP contribution in [0.3, 0.4) is 0 Å². The van der Waals surface area contributed by atoms with Gasteiger partial charge in [-0.05, 0) is 34.5 Å². The van der Waals surface area contributed by atoms with Gasteiger partial charge in [0.2, 0.25) is 0 Å². The molecule has 0 bridgehead atoms. The van der Waals surface area contributed by atoms with Crippen molar-refractivity contribution in [1.82, 2.24) is 9.97 Å². The van der Waals surface area contributed by atoms with Crippen LogP contribution in [0.1, 0.15) is 17.9 Å². The molecular weight excluding hydrogens is 318 g/mol. The molecule has 6 heteroatoms. The van der Waals surface area contributed by atoms with Crippen molar-refractivity contribution in [2.45, 2.75) is 12.3 Å². The minimum absolute atomic E-state index is 0.130. The summed E-state index contributed by atoms with van der Waals surface area (Å²) in [5.74, 6) is 0.462. The molecule has 0 radical (unpaired) electrons. The lowest BCUT2D eigenvalue weighted by Gasteiger charge is -2.13. The quantitative estimate of drug-likeness (QED) is 0.847. The molecule has 0 fully saturated rings. The number of halogens is 2. The van der Waals surface area contributed by atoms with Crippen molar-refractivity contribution in [2.24, 2.45) is 0 Å². The van der Waals surface area contributed by atoms with Crippen molar-refractivity contribution in [1.29, 1.82) is 0 Å². The first-order chi connectivity index (χ1) is 8.59. The summed E-state index contributed by atoms with van der Waals surface area (Å²) < 4.78 is 0.363. The maximum absolute atomic E-state index is 11.4. The van der Waals surface area contributed by atoms with Gasteiger partial charge >= 0.3 is 0 Å². The van der Waals surface area contributed by atoms with Gasteiger partial charge in [-0.25, -0.2) is 4.98 Å². The standard InChI is InChI=1S/C12H11BrClN3O/c1-7(14)8-4-2-3-5-9(8)17-11-10(13)12(18)16-6-15-11/h2-7H,1H3,(H2,15,16,17,18). The highest BCUT2D eigenvalue weighted by Crippen LogP contribution is 2.29. The lowest BCUT2D eigenvalue weighted by molar-refractivity contribution is 1.07. The Morgan fingerprint density at radius 2 is 2.17 bits per heavy atom. The fourth-order valence-corrected chi connectivity index (χ4v) is 2.06. The van der Waals surface area contributed by atoms with Crippen LogP contribution in [0.4, 0.5) is 11.5 Å². The molecule has 18 heavy (non-hydrogen) atoms. The zero-order chi connectivity index (χ0) is 13.1. The summed E-state index contributed by atoms with van der Waals surface area (Å²) in [5, 5.41) is 2.97. The Balaban J connectivity index is 2.40. The van der Waals surface area contributed by atoms with Crippen LogP contribution in [0.5, 0.6) is 0 Å². The molecule has 4 nitrogen and oxygen atoms in total. The van der Waals surface area contributed by atoms with Gasteiger partial charge in [-0.1, -0.05) is 18.2 Å². The molecule has 2 rings (SSSR count). The lowest BCUT2D eigenvalue weighted by Crippen LogP contribution is -2.10. The Morgan fingerprint density at radius 3 is 2.89 bits per heavy atom. The predicted octanol–water partition coefficient (Wildman–Crippen LogP) is 3.58. The Morgan fingerprint density at radius 1 is 1.44 bits per heavy atom. The lowest BCUT2D eigenvalue weighted by atomic mass is 10.1. The first-order valence-electron chi connectivity index (χ1n) is 5.33. The molecule has 0 aliphatic carbocycles. The number of rotatable bonds is 3. The van der Waals surface area contributed by atoms with Gasteiger partial charge in [0, 0.05) is 5.69 Å². The van der Waals surface area contributed by atoms with Gasteiger partial charge in [0.25, 0.3) is 5.56 Å². The second kappa shape index (κ2) is 5.54. The topological polar surface area (TPSA) is 57.8 Å². The number of alkyl halides is 1. The number of anilines is 2. The number of hydrogen-bond donors (Lipinski definition) is 2. The molecule has 0 saturated carbocycles. The maximum atomic E-state index is 11.4. The summed E-state index contributed by atoms with van der Waals surface area (Å²) in [6, 6.07) is 7.64. The van der Waals surface area contributed by atoms with Crippen molar-refractivity contribution in [3.63, 3.8) is 0 Å². The van der Waals surface area contributed by atoms with Crippen LogP contribution >= 0.6 is 27.5 Å². The number of H-pyrrole nitrogens is 1. The molecule has 0 spiro atoms. The number of benzene rings is 1. The number of para-hydroxylation sites is 1. The average molecular weight is 329 g/mol. The summed E-state index contributed by atoms with van der Waals surface area (Å²) in [5.41, 5.74) is 1.55. The van der Waals surface area contributed by atoms with Crippen molar-refractivity contribution in [3.8, 4) is 0 Å². The first-order valence-corrected chi connectivity index (χ1v) is 6.55. The Bertz CT molecular complexity index is 612. The molecule has 0 aliphatic heterocycles. The number of aromatic nitrogens is 2. The van der Waals surface area contributed by atoms with E-state index in [1.54, 1.807) is 0 Å². The normalized spacial score (nSPS) is 12.2. The predicted molar refractivity (Wildman–Crippen MR) is 76.6 cm³/mol. The average Bonchev–Trinajstić information content (AvgIpc) is 2.35. The Labute approximate surface area is 118 Å². The van der Waals surface area contributed by atoms with E-state index in [1.165, 1.54) is 6.33 Å². The monoisotopic (exact) mass is 327 g/mol. The highest BCUT2D eigenvalue weighted by Gasteiger charge is 2.10. The van der Waals surface area contributed by atoms with Crippen molar-refractivity contribution in [3.05, 3.63) is 51.0 Å². The molecule has 1 atom stereocenters. The number of nitrogens with one attached hydrogen (secondary N) is 2. The van der Waals surface area contributed by atoms with Crippen molar-refractivity contribution in [2.75, 3.05) is 5.32 Å². The summed E-state index contributed by atoms with van der Waals surface area (Å²) in [6.45, 7) is 1.89. The maximum Gasteiger partial charge on any atom is 0.267 e. The molecule has 0 saturated heterocycles.